The number of pyridine rings is 1. The third kappa shape index (κ3) is 1.82. The number of fused-ring (bicyclic) bond motifs is 1. The quantitative estimate of drug-likeness (QED) is 0.720. The summed E-state index contributed by atoms with van der Waals surface area (Å²) in [7, 11) is 0. The van der Waals surface area contributed by atoms with Crippen molar-refractivity contribution in [3.8, 4) is 0 Å². The number of carbonyl (C=O) groups excluding carboxylic acids is 1. The highest BCUT2D eigenvalue weighted by Crippen LogP contribution is 2.32. The molecule has 1 aromatic rings. The molecule has 4 heteroatoms. The molecule has 90 valence electrons. The number of ether oxygens (including phenoxy) is 1. The van der Waals surface area contributed by atoms with E-state index in [9.17, 15) is 4.79 Å². The van der Waals surface area contributed by atoms with E-state index < -0.39 is 0 Å². The van der Waals surface area contributed by atoms with Crippen molar-refractivity contribution in [3.63, 3.8) is 0 Å². The molecule has 3 heterocycles. The Morgan fingerprint density at radius 1 is 1.41 bits per heavy atom. The summed E-state index contributed by atoms with van der Waals surface area (Å²) in [6, 6.07) is 1.90. The van der Waals surface area contributed by atoms with Crippen molar-refractivity contribution < 1.29 is 9.53 Å². The average Bonchev–Trinajstić information content (AvgIpc) is 2.89. The summed E-state index contributed by atoms with van der Waals surface area (Å²) in [4.78, 5) is 17.7. The van der Waals surface area contributed by atoms with Gasteiger partial charge in [0.1, 0.15) is 5.82 Å². The van der Waals surface area contributed by atoms with Crippen molar-refractivity contribution >= 4 is 12.1 Å². The van der Waals surface area contributed by atoms with Gasteiger partial charge < -0.3 is 9.64 Å². The van der Waals surface area contributed by atoms with Crippen LogP contribution in [-0.2, 0) is 4.74 Å². The molecule has 2 saturated heterocycles. The van der Waals surface area contributed by atoms with E-state index in [4.69, 9.17) is 4.74 Å². The van der Waals surface area contributed by atoms with Gasteiger partial charge in [0, 0.05) is 31.1 Å². The number of aromatic nitrogens is 1. The Bertz CT molecular complexity index is 435. The van der Waals surface area contributed by atoms with Crippen molar-refractivity contribution in [2.24, 2.45) is 11.8 Å². The van der Waals surface area contributed by atoms with Crippen LogP contribution in [0.2, 0.25) is 0 Å². The Morgan fingerprint density at radius 2 is 2.12 bits per heavy atom. The molecule has 1 aromatic heterocycles. The first-order valence-electron chi connectivity index (χ1n) is 6.02. The zero-order chi connectivity index (χ0) is 11.8. The van der Waals surface area contributed by atoms with Crippen LogP contribution < -0.4 is 4.90 Å². The molecule has 0 spiro atoms. The first kappa shape index (κ1) is 10.7. The SMILES string of the molecule is Cc1cnc(N2CC3COCC3C2)c(C=O)c1. The minimum atomic E-state index is 0.609. The van der Waals surface area contributed by atoms with Gasteiger partial charge in [0.2, 0.25) is 0 Å². The topological polar surface area (TPSA) is 42.4 Å². The maximum atomic E-state index is 11.1. The fourth-order valence-electron chi connectivity index (χ4n) is 2.80. The molecule has 2 aliphatic heterocycles. The summed E-state index contributed by atoms with van der Waals surface area (Å²) in [5.41, 5.74) is 1.73. The molecule has 2 unspecified atom stereocenters. The largest absolute Gasteiger partial charge is 0.381 e. The zero-order valence-electron chi connectivity index (χ0n) is 9.93. The number of anilines is 1. The standard InChI is InChI=1S/C13H16N2O2/c1-9-2-10(6-16)13(14-3-9)15-4-11-7-17-8-12(11)5-15/h2-3,6,11-12H,4-5,7-8H2,1H3. The number of nitrogens with zero attached hydrogens (tertiary/aromatic N) is 2. The molecule has 0 saturated carbocycles. The highest BCUT2D eigenvalue weighted by molar-refractivity contribution is 5.83. The molecule has 2 aliphatic rings. The molecule has 0 amide bonds. The van der Waals surface area contributed by atoms with Gasteiger partial charge in [0.05, 0.1) is 18.8 Å². The number of hydrogen-bond donors (Lipinski definition) is 0. The van der Waals surface area contributed by atoms with Crippen LogP contribution in [0.25, 0.3) is 0 Å². The molecular formula is C13H16N2O2. The summed E-state index contributed by atoms with van der Waals surface area (Å²) in [6.45, 7) is 5.58. The third-order valence-electron chi connectivity index (χ3n) is 3.70. The minimum Gasteiger partial charge on any atom is -0.381 e. The lowest BCUT2D eigenvalue weighted by Crippen LogP contribution is -2.24. The van der Waals surface area contributed by atoms with E-state index >= 15 is 0 Å². The van der Waals surface area contributed by atoms with Crippen molar-refractivity contribution in [3.05, 3.63) is 23.4 Å². The predicted molar refractivity (Wildman–Crippen MR) is 64.4 cm³/mol. The summed E-state index contributed by atoms with van der Waals surface area (Å²) in [5.74, 6) is 2.05. The van der Waals surface area contributed by atoms with Crippen LogP contribution in [0.1, 0.15) is 15.9 Å². The van der Waals surface area contributed by atoms with Gasteiger partial charge in [0.15, 0.2) is 6.29 Å². The number of rotatable bonds is 2. The third-order valence-corrected chi connectivity index (χ3v) is 3.70. The molecule has 17 heavy (non-hydrogen) atoms. The molecule has 4 nitrogen and oxygen atoms in total. The molecule has 3 rings (SSSR count). The Kier molecular flexibility index (Phi) is 2.59. The first-order chi connectivity index (χ1) is 8.28. The smallest absolute Gasteiger partial charge is 0.153 e. The van der Waals surface area contributed by atoms with E-state index in [0.717, 1.165) is 44.0 Å². The molecular weight excluding hydrogens is 216 g/mol. The normalized spacial score (nSPS) is 27.2. The fraction of sp³-hybridized carbons (Fsp3) is 0.538. The van der Waals surface area contributed by atoms with E-state index in [2.05, 4.69) is 9.88 Å². The van der Waals surface area contributed by atoms with Gasteiger partial charge in [-0.15, -0.1) is 0 Å². The lowest BCUT2D eigenvalue weighted by molar-refractivity contribution is 0.112. The number of carbonyl (C=O) groups is 1. The maximum Gasteiger partial charge on any atom is 0.153 e. The van der Waals surface area contributed by atoms with Gasteiger partial charge in [-0.3, -0.25) is 4.79 Å². The van der Waals surface area contributed by atoms with Crippen LogP contribution in [0.15, 0.2) is 12.3 Å². The van der Waals surface area contributed by atoms with E-state index in [1.54, 1.807) is 0 Å². The van der Waals surface area contributed by atoms with Crippen LogP contribution in [-0.4, -0.2) is 37.6 Å². The second-order valence-corrected chi connectivity index (χ2v) is 5.01. The lowest BCUT2D eigenvalue weighted by Gasteiger charge is -2.20. The summed E-state index contributed by atoms with van der Waals surface area (Å²) < 4.78 is 5.45. The zero-order valence-corrected chi connectivity index (χ0v) is 9.93. The number of aldehydes is 1. The second-order valence-electron chi connectivity index (χ2n) is 5.01. The van der Waals surface area contributed by atoms with Gasteiger partial charge in [-0.2, -0.15) is 0 Å². The van der Waals surface area contributed by atoms with Crippen molar-refractivity contribution in [2.75, 3.05) is 31.2 Å². The van der Waals surface area contributed by atoms with Crippen LogP contribution in [0.3, 0.4) is 0 Å². The van der Waals surface area contributed by atoms with Gasteiger partial charge in [-0.25, -0.2) is 4.98 Å². The van der Waals surface area contributed by atoms with E-state index in [-0.39, 0.29) is 0 Å². The van der Waals surface area contributed by atoms with E-state index in [1.807, 2.05) is 19.2 Å². The fourth-order valence-corrected chi connectivity index (χ4v) is 2.80. The molecule has 0 N–H and O–H groups in total. The van der Waals surface area contributed by atoms with Crippen LogP contribution in [0, 0.1) is 18.8 Å². The monoisotopic (exact) mass is 232 g/mol. The summed E-state index contributed by atoms with van der Waals surface area (Å²) >= 11 is 0. The summed E-state index contributed by atoms with van der Waals surface area (Å²) in [6.07, 6.45) is 2.73. The van der Waals surface area contributed by atoms with E-state index in [1.165, 1.54) is 0 Å². The summed E-state index contributed by atoms with van der Waals surface area (Å²) in [5, 5.41) is 0. The lowest BCUT2D eigenvalue weighted by atomic mass is 10.0. The van der Waals surface area contributed by atoms with Gasteiger partial charge in [0.25, 0.3) is 0 Å². The molecule has 0 radical (unpaired) electrons. The van der Waals surface area contributed by atoms with Crippen LogP contribution >= 0.6 is 0 Å². The van der Waals surface area contributed by atoms with Gasteiger partial charge in [-0.1, -0.05) is 0 Å². The molecule has 2 atom stereocenters. The van der Waals surface area contributed by atoms with Crippen LogP contribution in [0.5, 0.6) is 0 Å². The molecule has 0 aromatic carbocycles. The molecule has 0 aliphatic carbocycles. The molecule has 2 fully saturated rings. The second kappa shape index (κ2) is 4.11. The Balaban J connectivity index is 1.87. The molecule has 0 bridgehead atoms. The van der Waals surface area contributed by atoms with E-state index in [0.29, 0.717) is 17.4 Å². The highest BCUT2D eigenvalue weighted by Gasteiger charge is 2.38. The van der Waals surface area contributed by atoms with Gasteiger partial charge in [-0.05, 0) is 18.6 Å². The highest BCUT2D eigenvalue weighted by atomic mass is 16.5. The van der Waals surface area contributed by atoms with Crippen LogP contribution in [0.4, 0.5) is 5.82 Å². The van der Waals surface area contributed by atoms with Crippen molar-refractivity contribution in [2.45, 2.75) is 6.92 Å². The van der Waals surface area contributed by atoms with Crippen molar-refractivity contribution in [1.29, 1.82) is 0 Å². The van der Waals surface area contributed by atoms with Crippen molar-refractivity contribution in [1.82, 2.24) is 4.98 Å². The minimum absolute atomic E-state index is 0.609. The van der Waals surface area contributed by atoms with Gasteiger partial charge >= 0.3 is 0 Å². The Morgan fingerprint density at radius 3 is 2.76 bits per heavy atom. The maximum absolute atomic E-state index is 11.1. The first-order valence-corrected chi connectivity index (χ1v) is 6.02. The number of hydrogen-bond acceptors (Lipinski definition) is 4. The Hall–Kier alpha value is -1.42. The predicted octanol–water partition coefficient (Wildman–Crippen LogP) is 1.29. The number of aryl methyl sites for hydroxylation is 1. The Labute approximate surface area is 101 Å². The average molecular weight is 232 g/mol.